The molecule has 2 heterocycles. The van der Waals surface area contributed by atoms with Crippen molar-refractivity contribution in [2.24, 2.45) is 0 Å². The Morgan fingerprint density at radius 1 is 1.38 bits per heavy atom. The summed E-state index contributed by atoms with van der Waals surface area (Å²) in [6.07, 6.45) is 1.84. The molecule has 1 aromatic heterocycles. The lowest BCUT2D eigenvalue weighted by molar-refractivity contribution is -0.115. The number of fused-ring (bicyclic) bond motifs is 1. The SMILES string of the molecule is N=C1SCC(=O)N1c1cccc2[nH]ccc12. The first kappa shape index (κ1) is 9.47. The zero-order chi connectivity index (χ0) is 11.1. The van der Waals surface area contributed by atoms with Crippen LogP contribution in [0.3, 0.4) is 0 Å². The van der Waals surface area contributed by atoms with Gasteiger partial charge in [-0.2, -0.15) is 0 Å². The molecule has 2 aromatic rings. The second kappa shape index (κ2) is 3.38. The molecule has 80 valence electrons. The van der Waals surface area contributed by atoms with Gasteiger partial charge in [0.05, 0.1) is 11.4 Å². The summed E-state index contributed by atoms with van der Waals surface area (Å²) in [6, 6.07) is 7.64. The Labute approximate surface area is 96.1 Å². The van der Waals surface area contributed by atoms with Gasteiger partial charge in [0, 0.05) is 17.1 Å². The van der Waals surface area contributed by atoms with Crippen LogP contribution in [0.15, 0.2) is 30.5 Å². The Kier molecular flexibility index (Phi) is 2.00. The second-order valence-corrected chi connectivity index (χ2v) is 4.50. The molecule has 0 saturated carbocycles. The maximum absolute atomic E-state index is 11.7. The molecule has 0 unspecified atom stereocenters. The van der Waals surface area contributed by atoms with Crippen LogP contribution in [0.2, 0.25) is 0 Å². The van der Waals surface area contributed by atoms with E-state index in [1.165, 1.54) is 16.7 Å². The Morgan fingerprint density at radius 3 is 3.00 bits per heavy atom. The number of carbonyl (C=O) groups excluding carboxylic acids is 1. The summed E-state index contributed by atoms with van der Waals surface area (Å²) >= 11 is 1.27. The van der Waals surface area contributed by atoms with E-state index in [0.717, 1.165) is 16.6 Å². The van der Waals surface area contributed by atoms with Crippen molar-refractivity contribution in [1.82, 2.24) is 4.98 Å². The van der Waals surface area contributed by atoms with Crippen molar-refractivity contribution in [2.45, 2.75) is 0 Å². The van der Waals surface area contributed by atoms with Crippen LogP contribution in [0.5, 0.6) is 0 Å². The fourth-order valence-corrected chi connectivity index (χ4v) is 2.60. The number of nitrogens with one attached hydrogen (secondary N) is 2. The molecule has 5 heteroatoms. The van der Waals surface area contributed by atoms with Gasteiger partial charge in [0.15, 0.2) is 5.17 Å². The summed E-state index contributed by atoms with van der Waals surface area (Å²) in [5.41, 5.74) is 1.77. The molecular formula is C11H9N3OS. The van der Waals surface area contributed by atoms with Gasteiger partial charge in [-0.25, -0.2) is 0 Å². The van der Waals surface area contributed by atoms with Crippen molar-refractivity contribution in [3.05, 3.63) is 30.5 Å². The highest BCUT2D eigenvalue weighted by Gasteiger charge is 2.29. The number of aromatic nitrogens is 1. The van der Waals surface area contributed by atoms with Crippen LogP contribution in [0.4, 0.5) is 5.69 Å². The average Bonchev–Trinajstić information content (AvgIpc) is 2.86. The zero-order valence-electron chi connectivity index (χ0n) is 8.36. The number of benzene rings is 1. The smallest absolute Gasteiger partial charge is 0.243 e. The van der Waals surface area contributed by atoms with E-state index in [1.807, 2.05) is 30.5 Å². The molecule has 16 heavy (non-hydrogen) atoms. The average molecular weight is 231 g/mol. The first-order valence-electron chi connectivity index (χ1n) is 4.88. The van der Waals surface area contributed by atoms with E-state index < -0.39 is 0 Å². The summed E-state index contributed by atoms with van der Waals surface area (Å²) in [6.45, 7) is 0. The van der Waals surface area contributed by atoms with Gasteiger partial charge in [-0.05, 0) is 18.2 Å². The van der Waals surface area contributed by atoms with Crippen molar-refractivity contribution in [1.29, 1.82) is 5.41 Å². The van der Waals surface area contributed by atoms with Crippen molar-refractivity contribution in [3.8, 4) is 0 Å². The topological polar surface area (TPSA) is 60.0 Å². The zero-order valence-corrected chi connectivity index (χ0v) is 9.17. The molecule has 0 atom stereocenters. The van der Waals surface area contributed by atoms with Gasteiger partial charge < -0.3 is 4.98 Å². The minimum Gasteiger partial charge on any atom is -0.361 e. The van der Waals surface area contributed by atoms with E-state index in [9.17, 15) is 4.79 Å². The van der Waals surface area contributed by atoms with Crippen molar-refractivity contribution >= 4 is 39.4 Å². The predicted octanol–water partition coefficient (Wildman–Crippen LogP) is 2.18. The van der Waals surface area contributed by atoms with E-state index in [2.05, 4.69) is 4.98 Å². The minimum absolute atomic E-state index is 0.0244. The Balaban J connectivity index is 2.22. The highest BCUT2D eigenvalue weighted by molar-refractivity contribution is 8.15. The molecule has 1 aromatic carbocycles. The summed E-state index contributed by atoms with van der Waals surface area (Å²) in [7, 11) is 0. The number of anilines is 1. The molecule has 1 saturated heterocycles. The third-order valence-corrected chi connectivity index (χ3v) is 3.45. The lowest BCUT2D eigenvalue weighted by Crippen LogP contribution is -2.28. The summed E-state index contributed by atoms with van der Waals surface area (Å²) in [5, 5.41) is 9.04. The lowest BCUT2D eigenvalue weighted by atomic mass is 10.2. The molecule has 1 aliphatic heterocycles. The molecule has 3 rings (SSSR count). The molecule has 4 nitrogen and oxygen atoms in total. The van der Waals surface area contributed by atoms with Crippen LogP contribution in [-0.2, 0) is 4.79 Å². The molecule has 0 radical (unpaired) electrons. The summed E-state index contributed by atoms with van der Waals surface area (Å²) in [5.74, 6) is 0.336. The molecule has 1 fully saturated rings. The molecule has 2 N–H and O–H groups in total. The molecule has 0 bridgehead atoms. The largest absolute Gasteiger partial charge is 0.361 e. The minimum atomic E-state index is -0.0244. The first-order valence-corrected chi connectivity index (χ1v) is 5.86. The van der Waals surface area contributed by atoms with Gasteiger partial charge in [0.2, 0.25) is 5.91 Å². The number of rotatable bonds is 1. The van der Waals surface area contributed by atoms with Crippen molar-refractivity contribution < 1.29 is 4.79 Å². The standard InChI is InChI=1S/C11H9N3OS/c12-11-14(10(15)6-16-11)9-3-1-2-8-7(9)4-5-13-8/h1-5,12-13H,6H2. The van der Waals surface area contributed by atoms with Crippen LogP contribution < -0.4 is 4.90 Å². The number of hydrogen-bond acceptors (Lipinski definition) is 3. The maximum Gasteiger partial charge on any atom is 0.243 e. The summed E-state index contributed by atoms with van der Waals surface area (Å²) < 4.78 is 0. The van der Waals surface area contributed by atoms with Crippen LogP contribution in [0.1, 0.15) is 0 Å². The first-order chi connectivity index (χ1) is 7.77. The van der Waals surface area contributed by atoms with Crippen molar-refractivity contribution in [2.75, 3.05) is 10.7 Å². The van der Waals surface area contributed by atoms with Gasteiger partial charge in [-0.1, -0.05) is 17.8 Å². The fourth-order valence-electron chi connectivity index (χ4n) is 1.88. The third kappa shape index (κ3) is 1.25. The number of nitrogens with zero attached hydrogens (tertiary/aromatic N) is 1. The Morgan fingerprint density at radius 2 is 2.25 bits per heavy atom. The lowest BCUT2D eigenvalue weighted by Gasteiger charge is -2.15. The number of amidine groups is 1. The molecule has 1 aliphatic rings. The highest BCUT2D eigenvalue weighted by Crippen LogP contribution is 2.31. The van der Waals surface area contributed by atoms with Gasteiger partial charge in [0.1, 0.15) is 0 Å². The van der Waals surface area contributed by atoms with E-state index in [4.69, 9.17) is 5.41 Å². The van der Waals surface area contributed by atoms with E-state index in [-0.39, 0.29) is 5.91 Å². The Bertz CT molecular complexity index is 574. The van der Waals surface area contributed by atoms with Crippen LogP contribution >= 0.6 is 11.8 Å². The second-order valence-electron chi connectivity index (χ2n) is 3.54. The third-order valence-electron chi connectivity index (χ3n) is 2.60. The number of hydrogen-bond donors (Lipinski definition) is 2. The Hall–Kier alpha value is -1.75. The van der Waals surface area contributed by atoms with Gasteiger partial charge >= 0.3 is 0 Å². The van der Waals surface area contributed by atoms with Gasteiger partial charge in [0.25, 0.3) is 0 Å². The van der Waals surface area contributed by atoms with Crippen molar-refractivity contribution in [3.63, 3.8) is 0 Å². The number of H-pyrrole nitrogens is 1. The normalized spacial score (nSPS) is 16.4. The number of aromatic amines is 1. The molecular weight excluding hydrogens is 222 g/mol. The number of thioether (sulfide) groups is 1. The van der Waals surface area contributed by atoms with Gasteiger partial charge in [-0.3, -0.25) is 15.1 Å². The van der Waals surface area contributed by atoms with Crippen LogP contribution in [0, 0.1) is 5.41 Å². The maximum atomic E-state index is 11.7. The molecule has 1 amide bonds. The van der Waals surface area contributed by atoms with Crippen LogP contribution in [-0.4, -0.2) is 21.8 Å². The number of carbonyl (C=O) groups is 1. The van der Waals surface area contributed by atoms with E-state index in [1.54, 1.807) is 0 Å². The predicted molar refractivity (Wildman–Crippen MR) is 66.0 cm³/mol. The quantitative estimate of drug-likeness (QED) is 0.790. The highest BCUT2D eigenvalue weighted by atomic mass is 32.2. The number of amides is 1. The van der Waals surface area contributed by atoms with E-state index >= 15 is 0 Å². The molecule has 0 spiro atoms. The van der Waals surface area contributed by atoms with Gasteiger partial charge in [-0.15, -0.1) is 0 Å². The monoisotopic (exact) mass is 231 g/mol. The van der Waals surface area contributed by atoms with Crippen LogP contribution in [0.25, 0.3) is 10.9 Å². The molecule has 0 aliphatic carbocycles. The summed E-state index contributed by atoms with van der Waals surface area (Å²) in [4.78, 5) is 16.3. The van der Waals surface area contributed by atoms with E-state index in [0.29, 0.717) is 10.9 Å². The fraction of sp³-hybridized carbons (Fsp3) is 0.0909.